The van der Waals surface area contributed by atoms with Gasteiger partial charge in [0, 0.05) is 11.3 Å². The van der Waals surface area contributed by atoms with Crippen molar-refractivity contribution in [2.24, 2.45) is 0 Å². The van der Waals surface area contributed by atoms with Crippen molar-refractivity contribution in [1.29, 1.82) is 0 Å². The van der Waals surface area contributed by atoms with Crippen LogP contribution in [0.15, 0.2) is 42.5 Å². The van der Waals surface area contributed by atoms with Crippen LogP contribution in [0.5, 0.6) is 0 Å². The number of nitrogens with one attached hydrogen (secondary N) is 1. The van der Waals surface area contributed by atoms with Gasteiger partial charge >= 0.3 is 0 Å². The molecule has 98 valence electrons. The summed E-state index contributed by atoms with van der Waals surface area (Å²) in [5, 5.41) is 12.7. The number of fused-ring (bicyclic) bond motifs is 1. The summed E-state index contributed by atoms with van der Waals surface area (Å²) in [6, 6.07) is 13.0. The highest BCUT2D eigenvalue weighted by Gasteiger charge is 2.24. The van der Waals surface area contributed by atoms with E-state index in [1.807, 2.05) is 30.3 Å². The van der Waals surface area contributed by atoms with Gasteiger partial charge in [-0.3, -0.25) is 0 Å². The maximum atomic E-state index is 13.7. The van der Waals surface area contributed by atoms with Crippen LogP contribution in [0, 0.1) is 5.82 Å². The lowest BCUT2D eigenvalue weighted by molar-refractivity contribution is 0.282. The topological polar surface area (TPSA) is 32.3 Å². The minimum Gasteiger partial charge on any atom is -0.392 e. The summed E-state index contributed by atoms with van der Waals surface area (Å²) in [5.41, 5.74) is 3.65. The van der Waals surface area contributed by atoms with Crippen LogP contribution in [0.3, 0.4) is 0 Å². The number of rotatable bonds is 3. The maximum absolute atomic E-state index is 13.7. The van der Waals surface area contributed by atoms with Crippen molar-refractivity contribution in [3.05, 3.63) is 65.0 Å². The molecule has 0 heterocycles. The Balaban J connectivity index is 1.89. The average Bonchev–Trinajstić information content (AvgIpc) is 2.84. The van der Waals surface area contributed by atoms with Gasteiger partial charge < -0.3 is 10.4 Å². The van der Waals surface area contributed by atoms with Gasteiger partial charge in [0.15, 0.2) is 0 Å². The number of para-hydroxylation sites is 1. The number of aliphatic hydroxyl groups is 1. The second kappa shape index (κ2) is 5.02. The predicted molar refractivity (Wildman–Crippen MR) is 73.4 cm³/mol. The van der Waals surface area contributed by atoms with Crippen molar-refractivity contribution in [1.82, 2.24) is 0 Å². The Morgan fingerprint density at radius 1 is 1.16 bits per heavy atom. The molecule has 2 aromatic rings. The third-order valence-electron chi connectivity index (χ3n) is 3.73. The van der Waals surface area contributed by atoms with Crippen LogP contribution in [-0.2, 0) is 13.0 Å². The molecule has 3 rings (SSSR count). The first-order chi connectivity index (χ1) is 9.29. The highest BCUT2D eigenvalue weighted by Crippen LogP contribution is 2.35. The molecule has 0 bridgehead atoms. The van der Waals surface area contributed by atoms with Gasteiger partial charge in [0.05, 0.1) is 12.6 Å². The zero-order chi connectivity index (χ0) is 13.2. The van der Waals surface area contributed by atoms with Gasteiger partial charge in [-0.2, -0.15) is 0 Å². The number of anilines is 1. The van der Waals surface area contributed by atoms with E-state index in [0.717, 1.165) is 35.2 Å². The summed E-state index contributed by atoms with van der Waals surface area (Å²) < 4.78 is 13.7. The molecule has 1 atom stereocenters. The first-order valence-electron chi connectivity index (χ1n) is 6.52. The smallest absolute Gasteiger partial charge is 0.126 e. The molecular formula is C16H16FNO. The number of aliphatic hydroxyl groups excluding tert-OH is 1. The second-order valence-corrected chi connectivity index (χ2v) is 4.86. The van der Waals surface area contributed by atoms with Gasteiger partial charge in [0.1, 0.15) is 5.82 Å². The quantitative estimate of drug-likeness (QED) is 0.883. The molecule has 1 unspecified atom stereocenters. The summed E-state index contributed by atoms with van der Waals surface area (Å²) in [6.07, 6.45) is 1.65. The molecular weight excluding hydrogens is 241 g/mol. The lowest BCUT2D eigenvalue weighted by Crippen LogP contribution is -2.09. The Kier molecular flexibility index (Phi) is 3.22. The SMILES string of the molecule is OCc1ccccc1NC1CCc2c(F)cccc21. The molecule has 2 N–H and O–H groups in total. The van der Waals surface area contributed by atoms with Crippen molar-refractivity contribution in [2.45, 2.75) is 25.5 Å². The third kappa shape index (κ3) is 2.22. The first kappa shape index (κ1) is 12.2. The molecule has 1 aliphatic rings. The van der Waals surface area contributed by atoms with Gasteiger partial charge in [-0.15, -0.1) is 0 Å². The molecule has 1 aliphatic carbocycles. The molecule has 2 nitrogen and oxygen atoms in total. The molecule has 3 heteroatoms. The van der Waals surface area contributed by atoms with Crippen LogP contribution in [-0.4, -0.2) is 5.11 Å². The van der Waals surface area contributed by atoms with Crippen LogP contribution >= 0.6 is 0 Å². The van der Waals surface area contributed by atoms with Crippen LogP contribution in [0.2, 0.25) is 0 Å². The second-order valence-electron chi connectivity index (χ2n) is 4.86. The molecule has 0 amide bonds. The van der Waals surface area contributed by atoms with E-state index in [1.165, 1.54) is 6.07 Å². The van der Waals surface area contributed by atoms with Crippen molar-refractivity contribution in [2.75, 3.05) is 5.32 Å². The molecule has 0 radical (unpaired) electrons. The Bertz CT molecular complexity index is 597. The molecule has 0 aliphatic heterocycles. The standard InChI is InChI=1S/C16H16FNO/c17-14-6-3-5-13-12(14)8-9-16(13)18-15-7-2-1-4-11(15)10-19/h1-7,16,18-19H,8-10H2. The van der Waals surface area contributed by atoms with Crippen LogP contribution in [0.25, 0.3) is 0 Å². The molecule has 19 heavy (non-hydrogen) atoms. The van der Waals surface area contributed by atoms with Crippen molar-refractivity contribution < 1.29 is 9.50 Å². The average molecular weight is 257 g/mol. The fourth-order valence-electron chi connectivity index (χ4n) is 2.75. The minimum absolute atomic E-state index is 0.00585. The first-order valence-corrected chi connectivity index (χ1v) is 6.52. The highest BCUT2D eigenvalue weighted by molar-refractivity contribution is 5.54. The van der Waals surface area contributed by atoms with Crippen LogP contribution in [0.1, 0.15) is 29.2 Å². The lowest BCUT2D eigenvalue weighted by Gasteiger charge is -2.17. The zero-order valence-electron chi connectivity index (χ0n) is 10.6. The summed E-state index contributed by atoms with van der Waals surface area (Å²) in [7, 11) is 0. The van der Waals surface area contributed by atoms with E-state index in [0.29, 0.717) is 0 Å². The monoisotopic (exact) mass is 257 g/mol. The van der Waals surface area contributed by atoms with Crippen molar-refractivity contribution >= 4 is 5.69 Å². The molecule has 0 saturated carbocycles. The largest absolute Gasteiger partial charge is 0.392 e. The highest BCUT2D eigenvalue weighted by atomic mass is 19.1. The molecule has 0 saturated heterocycles. The predicted octanol–water partition coefficient (Wildman–Crippen LogP) is 3.42. The van der Waals surface area contributed by atoms with Crippen molar-refractivity contribution in [3.8, 4) is 0 Å². The van der Waals surface area contributed by atoms with E-state index in [2.05, 4.69) is 5.32 Å². The van der Waals surface area contributed by atoms with E-state index in [4.69, 9.17) is 0 Å². The van der Waals surface area contributed by atoms with Crippen molar-refractivity contribution in [3.63, 3.8) is 0 Å². The summed E-state index contributed by atoms with van der Waals surface area (Å²) in [6.45, 7) is 0.00585. The zero-order valence-corrected chi connectivity index (χ0v) is 10.6. The lowest BCUT2D eigenvalue weighted by atomic mass is 10.1. The number of benzene rings is 2. The Hall–Kier alpha value is -1.87. The Morgan fingerprint density at radius 3 is 2.84 bits per heavy atom. The summed E-state index contributed by atoms with van der Waals surface area (Å²) in [5.74, 6) is -0.114. The van der Waals surface area contributed by atoms with E-state index in [9.17, 15) is 9.50 Å². The number of hydrogen-bond donors (Lipinski definition) is 2. The molecule has 2 aromatic carbocycles. The maximum Gasteiger partial charge on any atom is 0.126 e. The Morgan fingerprint density at radius 2 is 2.00 bits per heavy atom. The van der Waals surface area contributed by atoms with Gasteiger partial charge in [0.25, 0.3) is 0 Å². The van der Waals surface area contributed by atoms with Gasteiger partial charge in [-0.25, -0.2) is 4.39 Å². The van der Waals surface area contributed by atoms with Gasteiger partial charge in [0.2, 0.25) is 0 Å². The normalized spacial score (nSPS) is 17.3. The van der Waals surface area contributed by atoms with Gasteiger partial charge in [-0.1, -0.05) is 30.3 Å². The minimum atomic E-state index is -0.114. The van der Waals surface area contributed by atoms with Crippen LogP contribution < -0.4 is 5.32 Å². The van der Waals surface area contributed by atoms with E-state index in [-0.39, 0.29) is 18.5 Å². The fraction of sp³-hybridized carbons (Fsp3) is 0.250. The van der Waals surface area contributed by atoms with E-state index >= 15 is 0 Å². The van der Waals surface area contributed by atoms with E-state index in [1.54, 1.807) is 6.07 Å². The third-order valence-corrected chi connectivity index (χ3v) is 3.73. The molecule has 0 fully saturated rings. The van der Waals surface area contributed by atoms with Crippen LogP contribution in [0.4, 0.5) is 10.1 Å². The molecule has 0 aromatic heterocycles. The van der Waals surface area contributed by atoms with E-state index < -0.39 is 0 Å². The summed E-state index contributed by atoms with van der Waals surface area (Å²) in [4.78, 5) is 0. The number of hydrogen-bond acceptors (Lipinski definition) is 2. The fourth-order valence-corrected chi connectivity index (χ4v) is 2.75. The summed E-state index contributed by atoms with van der Waals surface area (Å²) >= 11 is 0. The van der Waals surface area contributed by atoms with Gasteiger partial charge in [-0.05, 0) is 36.1 Å². The Labute approximate surface area is 111 Å². The molecule has 0 spiro atoms. The number of halogens is 1.